The first-order valence-corrected chi connectivity index (χ1v) is 7.12. The summed E-state index contributed by atoms with van der Waals surface area (Å²) >= 11 is 1.32. The Hall–Kier alpha value is -1.53. The molecule has 0 aliphatic heterocycles. The lowest BCUT2D eigenvalue weighted by molar-refractivity contribution is -0.116. The standard InChI is InChI=1S/C13H19N3O2S/c1-2-7-15-8-13(18)16-10-5-3-4-6-11(10)19-9-12(14)17/h3-6,15H,2,7-9H2,1H3,(H2,14,17)(H,16,18). The lowest BCUT2D eigenvalue weighted by Crippen LogP contribution is -2.28. The first-order chi connectivity index (χ1) is 9.13. The topological polar surface area (TPSA) is 84.2 Å². The number of hydrogen-bond donors (Lipinski definition) is 3. The third kappa shape index (κ3) is 6.26. The highest BCUT2D eigenvalue weighted by atomic mass is 32.2. The summed E-state index contributed by atoms with van der Waals surface area (Å²) in [5.41, 5.74) is 5.82. The molecule has 0 bridgehead atoms. The maximum atomic E-state index is 11.7. The quantitative estimate of drug-likeness (QED) is 0.494. The zero-order valence-electron chi connectivity index (χ0n) is 10.9. The summed E-state index contributed by atoms with van der Waals surface area (Å²) < 4.78 is 0. The van der Waals surface area contributed by atoms with Crippen molar-refractivity contribution in [3.8, 4) is 0 Å². The number of rotatable bonds is 8. The van der Waals surface area contributed by atoms with Crippen molar-refractivity contribution in [1.82, 2.24) is 5.32 Å². The molecule has 0 saturated carbocycles. The Kier molecular flexibility index (Phi) is 6.99. The van der Waals surface area contributed by atoms with E-state index in [0.717, 1.165) is 17.9 Å². The highest BCUT2D eigenvalue weighted by Crippen LogP contribution is 2.26. The van der Waals surface area contributed by atoms with Gasteiger partial charge in [-0.25, -0.2) is 0 Å². The second kappa shape index (κ2) is 8.55. The minimum atomic E-state index is -0.379. The normalized spacial score (nSPS) is 10.2. The van der Waals surface area contributed by atoms with Crippen LogP contribution < -0.4 is 16.4 Å². The van der Waals surface area contributed by atoms with Gasteiger partial charge in [-0.2, -0.15) is 0 Å². The second-order valence-corrected chi connectivity index (χ2v) is 4.99. The lowest BCUT2D eigenvalue weighted by Gasteiger charge is -2.10. The molecule has 2 amide bonds. The van der Waals surface area contributed by atoms with Crippen molar-refractivity contribution in [1.29, 1.82) is 0 Å². The largest absolute Gasteiger partial charge is 0.369 e. The maximum Gasteiger partial charge on any atom is 0.238 e. The van der Waals surface area contributed by atoms with Crippen LogP contribution in [-0.2, 0) is 9.59 Å². The SMILES string of the molecule is CCCNCC(=O)Nc1ccccc1SCC(N)=O. The van der Waals surface area contributed by atoms with Gasteiger partial charge in [-0.05, 0) is 25.1 Å². The fourth-order valence-corrected chi connectivity index (χ4v) is 2.16. The molecular weight excluding hydrogens is 262 g/mol. The molecule has 0 atom stereocenters. The molecule has 4 N–H and O–H groups in total. The first kappa shape index (κ1) is 15.5. The van der Waals surface area contributed by atoms with Crippen molar-refractivity contribution < 1.29 is 9.59 Å². The van der Waals surface area contributed by atoms with Gasteiger partial charge in [-0.1, -0.05) is 19.1 Å². The van der Waals surface area contributed by atoms with Crippen molar-refractivity contribution in [2.75, 3.05) is 24.2 Å². The Morgan fingerprint density at radius 2 is 2.05 bits per heavy atom. The highest BCUT2D eigenvalue weighted by molar-refractivity contribution is 8.00. The summed E-state index contributed by atoms with van der Waals surface area (Å²) in [6.07, 6.45) is 0.984. The molecule has 0 aliphatic carbocycles. The van der Waals surface area contributed by atoms with Gasteiger partial charge in [-0.3, -0.25) is 9.59 Å². The maximum absolute atomic E-state index is 11.7. The summed E-state index contributed by atoms with van der Waals surface area (Å²) in [4.78, 5) is 23.3. The van der Waals surface area contributed by atoms with E-state index in [1.165, 1.54) is 11.8 Å². The van der Waals surface area contributed by atoms with Crippen molar-refractivity contribution in [3.05, 3.63) is 24.3 Å². The van der Waals surface area contributed by atoms with Gasteiger partial charge in [0.25, 0.3) is 0 Å². The Morgan fingerprint density at radius 1 is 1.32 bits per heavy atom. The number of thioether (sulfide) groups is 1. The third-order valence-electron chi connectivity index (χ3n) is 2.24. The minimum absolute atomic E-state index is 0.0967. The van der Waals surface area contributed by atoms with Gasteiger partial charge in [0.1, 0.15) is 0 Å². The Bertz CT molecular complexity index is 438. The molecule has 0 saturated heterocycles. The van der Waals surface area contributed by atoms with Gasteiger partial charge in [-0.15, -0.1) is 11.8 Å². The van der Waals surface area contributed by atoms with Crippen molar-refractivity contribution >= 4 is 29.3 Å². The molecule has 104 valence electrons. The lowest BCUT2D eigenvalue weighted by atomic mass is 10.3. The minimum Gasteiger partial charge on any atom is -0.369 e. The van der Waals surface area contributed by atoms with Gasteiger partial charge >= 0.3 is 0 Å². The fourth-order valence-electron chi connectivity index (χ4n) is 1.42. The van der Waals surface area contributed by atoms with E-state index in [1.54, 1.807) is 6.07 Å². The average Bonchev–Trinajstić information content (AvgIpc) is 2.38. The molecule has 1 aromatic carbocycles. The molecule has 6 heteroatoms. The molecule has 0 spiro atoms. The number of hydrogen-bond acceptors (Lipinski definition) is 4. The summed E-state index contributed by atoms with van der Waals surface area (Å²) in [7, 11) is 0. The molecule has 5 nitrogen and oxygen atoms in total. The Balaban J connectivity index is 2.56. The zero-order valence-corrected chi connectivity index (χ0v) is 11.8. The highest BCUT2D eigenvalue weighted by Gasteiger charge is 2.07. The number of carbonyl (C=O) groups is 2. The van der Waals surface area contributed by atoms with Crippen LogP contribution in [-0.4, -0.2) is 30.7 Å². The van der Waals surface area contributed by atoms with Crippen LogP contribution in [0.3, 0.4) is 0 Å². The third-order valence-corrected chi connectivity index (χ3v) is 3.34. The first-order valence-electron chi connectivity index (χ1n) is 6.14. The number of nitrogens with one attached hydrogen (secondary N) is 2. The molecule has 0 fully saturated rings. The average molecular weight is 281 g/mol. The number of nitrogens with two attached hydrogens (primary N) is 1. The summed E-state index contributed by atoms with van der Waals surface area (Å²) in [6.45, 7) is 3.13. The van der Waals surface area contributed by atoms with E-state index in [1.807, 2.05) is 25.1 Å². The number of benzene rings is 1. The summed E-state index contributed by atoms with van der Waals surface area (Å²) in [6, 6.07) is 7.35. The van der Waals surface area contributed by atoms with Gasteiger partial charge < -0.3 is 16.4 Å². The molecule has 19 heavy (non-hydrogen) atoms. The number of amides is 2. The van der Waals surface area contributed by atoms with Crippen LogP contribution >= 0.6 is 11.8 Å². The van der Waals surface area contributed by atoms with E-state index in [4.69, 9.17) is 5.73 Å². The van der Waals surface area contributed by atoms with Crippen LogP contribution in [0.15, 0.2) is 29.2 Å². The van der Waals surface area contributed by atoms with E-state index in [-0.39, 0.29) is 24.1 Å². The van der Waals surface area contributed by atoms with Crippen LogP contribution in [0.4, 0.5) is 5.69 Å². The molecule has 0 radical (unpaired) electrons. The predicted molar refractivity (Wildman–Crippen MR) is 78.2 cm³/mol. The molecule has 0 unspecified atom stereocenters. The number of para-hydroxylation sites is 1. The summed E-state index contributed by atoms with van der Waals surface area (Å²) in [5, 5.41) is 5.85. The van der Waals surface area contributed by atoms with Crippen molar-refractivity contribution in [2.45, 2.75) is 18.2 Å². The number of carbonyl (C=O) groups excluding carboxylic acids is 2. The predicted octanol–water partition coefficient (Wildman–Crippen LogP) is 1.20. The Morgan fingerprint density at radius 3 is 2.74 bits per heavy atom. The van der Waals surface area contributed by atoms with Gasteiger partial charge in [0.15, 0.2) is 0 Å². The Labute approximate surface area is 117 Å². The number of primary amides is 1. The van der Waals surface area contributed by atoms with Crippen LogP contribution in [0.1, 0.15) is 13.3 Å². The molecule has 1 aromatic rings. The van der Waals surface area contributed by atoms with E-state index in [9.17, 15) is 9.59 Å². The smallest absolute Gasteiger partial charge is 0.238 e. The molecule has 0 aromatic heterocycles. The van der Waals surface area contributed by atoms with Crippen LogP contribution in [0, 0.1) is 0 Å². The van der Waals surface area contributed by atoms with E-state index < -0.39 is 0 Å². The second-order valence-electron chi connectivity index (χ2n) is 3.98. The monoisotopic (exact) mass is 281 g/mol. The van der Waals surface area contributed by atoms with Crippen molar-refractivity contribution in [3.63, 3.8) is 0 Å². The molecule has 1 rings (SSSR count). The van der Waals surface area contributed by atoms with Crippen LogP contribution in [0.2, 0.25) is 0 Å². The van der Waals surface area contributed by atoms with Crippen LogP contribution in [0.25, 0.3) is 0 Å². The van der Waals surface area contributed by atoms with Gasteiger partial charge in [0.05, 0.1) is 18.0 Å². The van der Waals surface area contributed by atoms with E-state index >= 15 is 0 Å². The van der Waals surface area contributed by atoms with E-state index in [2.05, 4.69) is 10.6 Å². The molecule has 0 aliphatic rings. The van der Waals surface area contributed by atoms with Crippen molar-refractivity contribution in [2.24, 2.45) is 5.73 Å². The van der Waals surface area contributed by atoms with Gasteiger partial charge in [0, 0.05) is 4.90 Å². The fraction of sp³-hybridized carbons (Fsp3) is 0.385. The zero-order chi connectivity index (χ0) is 14.1. The van der Waals surface area contributed by atoms with Gasteiger partial charge in [0.2, 0.25) is 11.8 Å². The molecule has 0 heterocycles. The molecular formula is C13H19N3O2S. The summed E-state index contributed by atoms with van der Waals surface area (Å²) in [5.74, 6) is -0.280. The number of anilines is 1. The van der Waals surface area contributed by atoms with E-state index in [0.29, 0.717) is 5.69 Å². The van der Waals surface area contributed by atoms with Crippen LogP contribution in [0.5, 0.6) is 0 Å².